The third-order valence-corrected chi connectivity index (χ3v) is 6.62. The highest BCUT2D eigenvalue weighted by Crippen LogP contribution is 2.26. The monoisotopic (exact) mass is 514 g/mol. The van der Waals surface area contributed by atoms with E-state index in [1.165, 1.54) is 13.0 Å². The zero-order chi connectivity index (χ0) is 27.4. The van der Waals surface area contributed by atoms with Gasteiger partial charge in [0, 0.05) is 29.7 Å². The van der Waals surface area contributed by atoms with Crippen molar-refractivity contribution in [2.45, 2.75) is 104 Å². The molecule has 8 heteroatoms. The second-order valence-electron chi connectivity index (χ2n) is 9.71. The first kappa shape index (κ1) is 29.9. The smallest absolute Gasteiger partial charge is 0.308 e. The summed E-state index contributed by atoms with van der Waals surface area (Å²) in [5.41, 5.74) is 0.695. The van der Waals surface area contributed by atoms with E-state index in [4.69, 9.17) is 4.74 Å². The number of carbonyl (C=O) groups excluding carboxylic acids is 5. The molecule has 2 N–H and O–H groups in total. The normalized spacial score (nSPS) is 16.4. The SMILES string of the molecule is CC(=O)OC1=C(CCCCCCCCCCCCCCC2=C(O)C(=O)C=C(O)C2=O)C(=O)C(C)=CC1=O. The van der Waals surface area contributed by atoms with Crippen molar-refractivity contribution in [3.8, 4) is 0 Å². The van der Waals surface area contributed by atoms with Gasteiger partial charge in [-0.15, -0.1) is 0 Å². The number of Topliss-reactive ketones (excluding diaryl/α,β-unsaturated/α-hetero) is 2. The summed E-state index contributed by atoms with van der Waals surface area (Å²) >= 11 is 0. The van der Waals surface area contributed by atoms with Gasteiger partial charge in [-0.3, -0.25) is 24.0 Å². The van der Waals surface area contributed by atoms with Gasteiger partial charge in [-0.2, -0.15) is 0 Å². The molecule has 0 bridgehead atoms. The molecule has 2 aliphatic rings. The Morgan fingerprint density at radius 1 is 0.676 bits per heavy atom. The molecule has 0 radical (unpaired) electrons. The van der Waals surface area contributed by atoms with E-state index in [0.717, 1.165) is 76.7 Å². The number of aliphatic hydroxyl groups is 2. The minimum atomic E-state index is -0.721. The van der Waals surface area contributed by atoms with E-state index in [2.05, 4.69) is 0 Å². The van der Waals surface area contributed by atoms with Crippen LogP contribution in [0.4, 0.5) is 0 Å². The molecule has 0 unspecified atom stereocenters. The maximum Gasteiger partial charge on any atom is 0.308 e. The minimum Gasteiger partial charge on any atom is -0.504 e. The summed E-state index contributed by atoms with van der Waals surface area (Å²) < 4.78 is 5.02. The van der Waals surface area contributed by atoms with Gasteiger partial charge in [0.2, 0.25) is 17.3 Å². The second kappa shape index (κ2) is 15.1. The lowest BCUT2D eigenvalue weighted by Gasteiger charge is -2.16. The highest BCUT2D eigenvalue weighted by atomic mass is 16.5. The zero-order valence-electron chi connectivity index (χ0n) is 21.9. The molecule has 0 aromatic carbocycles. The van der Waals surface area contributed by atoms with Crippen LogP contribution < -0.4 is 0 Å². The zero-order valence-corrected chi connectivity index (χ0v) is 21.9. The van der Waals surface area contributed by atoms with Crippen molar-refractivity contribution < 1.29 is 38.9 Å². The molecule has 0 aromatic heterocycles. The van der Waals surface area contributed by atoms with E-state index < -0.39 is 34.8 Å². The Labute approximate surface area is 218 Å². The molecule has 2 rings (SSSR count). The van der Waals surface area contributed by atoms with Gasteiger partial charge in [-0.1, -0.05) is 64.2 Å². The highest BCUT2D eigenvalue weighted by molar-refractivity contribution is 6.22. The van der Waals surface area contributed by atoms with Crippen molar-refractivity contribution in [3.63, 3.8) is 0 Å². The molecule has 0 aliphatic heterocycles. The molecule has 2 aliphatic carbocycles. The molecule has 0 amide bonds. The van der Waals surface area contributed by atoms with Crippen LogP contribution in [0.25, 0.3) is 0 Å². The van der Waals surface area contributed by atoms with Crippen molar-refractivity contribution >= 4 is 29.1 Å². The van der Waals surface area contributed by atoms with E-state index in [9.17, 15) is 34.2 Å². The number of rotatable bonds is 16. The number of ether oxygens (including phenoxy) is 1. The Hall–Kier alpha value is -3.29. The van der Waals surface area contributed by atoms with Crippen LogP contribution in [0.3, 0.4) is 0 Å². The fourth-order valence-electron chi connectivity index (χ4n) is 4.57. The molecule has 0 saturated heterocycles. The fraction of sp³-hybridized carbons (Fsp3) is 0.552. The summed E-state index contributed by atoms with van der Waals surface area (Å²) in [7, 11) is 0. The summed E-state index contributed by atoms with van der Waals surface area (Å²) in [5, 5.41) is 19.2. The largest absolute Gasteiger partial charge is 0.504 e. The Kier molecular flexibility index (Phi) is 12.2. The lowest BCUT2D eigenvalue weighted by Crippen LogP contribution is -2.21. The fourth-order valence-corrected chi connectivity index (χ4v) is 4.57. The van der Waals surface area contributed by atoms with E-state index in [0.29, 0.717) is 24.0 Å². The van der Waals surface area contributed by atoms with Crippen LogP contribution in [0, 0.1) is 0 Å². The number of hydrogen-bond donors (Lipinski definition) is 2. The summed E-state index contributed by atoms with van der Waals surface area (Å²) in [6, 6.07) is 0. The van der Waals surface area contributed by atoms with Crippen LogP contribution in [0.5, 0.6) is 0 Å². The van der Waals surface area contributed by atoms with Crippen LogP contribution in [0.1, 0.15) is 104 Å². The van der Waals surface area contributed by atoms with E-state index in [1.807, 2.05) is 0 Å². The van der Waals surface area contributed by atoms with Crippen LogP contribution >= 0.6 is 0 Å². The second-order valence-corrected chi connectivity index (χ2v) is 9.71. The lowest BCUT2D eigenvalue weighted by atomic mass is 9.91. The number of allylic oxidation sites excluding steroid dienone is 5. The van der Waals surface area contributed by atoms with E-state index in [-0.39, 0.29) is 23.5 Å². The van der Waals surface area contributed by atoms with E-state index in [1.54, 1.807) is 6.92 Å². The topological polar surface area (TPSA) is 135 Å². The highest BCUT2D eigenvalue weighted by Gasteiger charge is 2.29. The molecule has 0 aromatic rings. The molecule has 202 valence electrons. The average Bonchev–Trinajstić information content (AvgIpc) is 2.84. The number of carbonyl (C=O) groups is 5. The molecule has 0 heterocycles. The van der Waals surface area contributed by atoms with Gasteiger partial charge >= 0.3 is 5.97 Å². The molecular weight excluding hydrogens is 476 g/mol. The molecule has 37 heavy (non-hydrogen) atoms. The van der Waals surface area contributed by atoms with Crippen molar-refractivity contribution in [2.75, 3.05) is 0 Å². The molecule has 0 fully saturated rings. The molecular formula is C29H38O8. The lowest BCUT2D eigenvalue weighted by molar-refractivity contribution is -0.139. The summed E-state index contributed by atoms with van der Waals surface area (Å²) in [6.45, 7) is 2.82. The number of ketones is 4. The van der Waals surface area contributed by atoms with Crippen LogP contribution in [-0.2, 0) is 28.7 Å². The predicted octanol–water partition coefficient (Wildman–Crippen LogP) is 5.77. The third-order valence-electron chi connectivity index (χ3n) is 6.62. The average molecular weight is 515 g/mol. The van der Waals surface area contributed by atoms with Gasteiger partial charge in [0.05, 0.1) is 0 Å². The Bertz CT molecular complexity index is 1040. The molecule has 0 spiro atoms. The molecule has 0 saturated carbocycles. The predicted molar refractivity (Wildman–Crippen MR) is 138 cm³/mol. The minimum absolute atomic E-state index is 0.0114. The van der Waals surface area contributed by atoms with Gasteiger partial charge in [-0.25, -0.2) is 0 Å². The first-order valence-electron chi connectivity index (χ1n) is 13.2. The first-order chi connectivity index (χ1) is 17.6. The quantitative estimate of drug-likeness (QED) is 0.151. The van der Waals surface area contributed by atoms with Crippen molar-refractivity contribution in [3.05, 3.63) is 46.1 Å². The van der Waals surface area contributed by atoms with Gasteiger partial charge in [-0.05, 0) is 38.7 Å². The Balaban J connectivity index is 1.50. The van der Waals surface area contributed by atoms with Crippen molar-refractivity contribution in [1.29, 1.82) is 0 Å². The molecule has 8 nitrogen and oxygen atoms in total. The maximum absolute atomic E-state index is 12.4. The van der Waals surface area contributed by atoms with Crippen LogP contribution in [0.15, 0.2) is 46.1 Å². The molecule has 0 atom stereocenters. The Morgan fingerprint density at radius 3 is 1.62 bits per heavy atom. The number of aliphatic hydroxyl groups excluding tert-OH is 2. The van der Waals surface area contributed by atoms with Crippen LogP contribution in [-0.4, -0.2) is 39.3 Å². The number of esters is 1. The summed E-state index contributed by atoms with van der Waals surface area (Å²) in [6.07, 6.45) is 14.8. The van der Waals surface area contributed by atoms with Crippen LogP contribution in [0.2, 0.25) is 0 Å². The van der Waals surface area contributed by atoms with Crippen molar-refractivity contribution in [1.82, 2.24) is 0 Å². The third kappa shape index (κ3) is 9.26. The first-order valence-corrected chi connectivity index (χ1v) is 13.2. The van der Waals surface area contributed by atoms with E-state index >= 15 is 0 Å². The number of unbranched alkanes of at least 4 members (excludes halogenated alkanes) is 11. The van der Waals surface area contributed by atoms with Gasteiger partial charge < -0.3 is 14.9 Å². The standard InChI is InChI=1S/C29H38O8/c1-19-17-25(33)29(37-20(2)30)22(26(19)34)16-14-12-10-8-6-4-3-5-7-9-11-13-15-21-27(35)23(31)18-24(32)28(21)36/h17-18,31,36H,3-16H2,1-2H3. The number of hydrogen-bond acceptors (Lipinski definition) is 8. The van der Waals surface area contributed by atoms with Gasteiger partial charge in [0.1, 0.15) is 0 Å². The van der Waals surface area contributed by atoms with Crippen molar-refractivity contribution in [2.24, 2.45) is 0 Å². The Morgan fingerprint density at radius 2 is 1.14 bits per heavy atom. The van der Waals surface area contributed by atoms with Gasteiger partial charge in [0.15, 0.2) is 23.1 Å². The summed E-state index contributed by atoms with van der Waals surface area (Å²) in [5.74, 6) is -3.90. The summed E-state index contributed by atoms with van der Waals surface area (Å²) in [4.78, 5) is 59.2. The van der Waals surface area contributed by atoms with Gasteiger partial charge in [0.25, 0.3) is 0 Å². The maximum atomic E-state index is 12.4.